The molecule has 0 saturated carbocycles. The number of halogens is 1. The number of carbonyl (C=O) groups excluding carboxylic acids is 1. The maximum absolute atomic E-state index is 12.4. The molecule has 146 valence electrons. The number of carbonyl (C=O) groups is 1. The minimum atomic E-state index is -3.33. The summed E-state index contributed by atoms with van der Waals surface area (Å²) in [5.41, 5.74) is 1.34. The van der Waals surface area contributed by atoms with Crippen LogP contribution in [0.25, 0.3) is 0 Å². The van der Waals surface area contributed by atoms with Crippen LogP contribution in [0.4, 0.5) is 5.69 Å². The van der Waals surface area contributed by atoms with E-state index in [1.807, 2.05) is 25.1 Å². The van der Waals surface area contributed by atoms with Gasteiger partial charge in [-0.3, -0.25) is 9.10 Å². The minimum absolute atomic E-state index is 0.241. The summed E-state index contributed by atoms with van der Waals surface area (Å²) in [5, 5.41) is 3.42. The Kier molecular flexibility index (Phi) is 7.10. The Morgan fingerprint density at radius 2 is 1.81 bits per heavy atom. The number of sulfonamides is 1. The predicted molar refractivity (Wildman–Crippen MR) is 108 cm³/mol. The van der Waals surface area contributed by atoms with Crippen molar-refractivity contribution < 1.29 is 17.9 Å². The van der Waals surface area contributed by atoms with Gasteiger partial charge < -0.3 is 10.1 Å². The van der Waals surface area contributed by atoms with Crippen molar-refractivity contribution in [2.24, 2.45) is 0 Å². The zero-order valence-electron chi connectivity index (χ0n) is 15.5. The van der Waals surface area contributed by atoms with E-state index in [1.165, 1.54) is 11.4 Å². The fourth-order valence-electron chi connectivity index (χ4n) is 2.35. The second-order valence-electron chi connectivity index (χ2n) is 6.05. The van der Waals surface area contributed by atoms with E-state index >= 15 is 0 Å². The van der Waals surface area contributed by atoms with E-state index in [0.717, 1.165) is 11.8 Å². The number of anilines is 1. The van der Waals surface area contributed by atoms with E-state index in [9.17, 15) is 13.2 Å². The number of ether oxygens (including phenoxy) is 1. The third-order valence-corrected chi connectivity index (χ3v) is 5.62. The highest BCUT2D eigenvalue weighted by molar-refractivity contribution is 7.92. The van der Waals surface area contributed by atoms with Crippen LogP contribution in [-0.2, 0) is 21.4 Å². The average Bonchev–Trinajstić information content (AvgIpc) is 2.64. The number of amides is 1. The smallest absolute Gasteiger partial charge is 0.261 e. The molecule has 1 atom stereocenters. The van der Waals surface area contributed by atoms with E-state index in [1.54, 1.807) is 30.3 Å². The van der Waals surface area contributed by atoms with Gasteiger partial charge >= 0.3 is 0 Å². The Labute approximate surface area is 165 Å². The van der Waals surface area contributed by atoms with E-state index in [4.69, 9.17) is 16.3 Å². The number of benzene rings is 2. The van der Waals surface area contributed by atoms with Crippen LogP contribution in [0.3, 0.4) is 0 Å². The van der Waals surface area contributed by atoms with Gasteiger partial charge in [-0.25, -0.2) is 8.42 Å². The first-order valence-corrected chi connectivity index (χ1v) is 10.7. The van der Waals surface area contributed by atoms with E-state index in [-0.39, 0.29) is 5.91 Å². The van der Waals surface area contributed by atoms with Crippen LogP contribution in [0.2, 0.25) is 5.02 Å². The summed E-state index contributed by atoms with van der Waals surface area (Å²) in [5.74, 6) is 0.246. The lowest BCUT2D eigenvalue weighted by Gasteiger charge is -2.19. The van der Waals surface area contributed by atoms with Crippen molar-refractivity contribution >= 4 is 33.2 Å². The van der Waals surface area contributed by atoms with Crippen molar-refractivity contribution in [3.8, 4) is 5.75 Å². The summed E-state index contributed by atoms with van der Waals surface area (Å²) >= 11 is 6.09. The molecular formula is C19H23ClN2O4S. The minimum Gasteiger partial charge on any atom is -0.481 e. The van der Waals surface area contributed by atoms with Crippen molar-refractivity contribution in [1.82, 2.24) is 5.32 Å². The standard InChI is InChI=1S/C19H23ClN2O4S/c1-4-18(19(23)21-13-14-7-5-6-8-17(14)20)26-16-11-9-15(10-12-16)22(2)27(3,24)25/h5-12,18H,4,13H2,1-3H3,(H,21,23)/t18-/m0/s1. The molecule has 0 fully saturated rings. The lowest BCUT2D eigenvalue weighted by Crippen LogP contribution is -2.37. The SMILES string of the molecule is CC[C@H](Oc1ccc(N(C)S(C)(=O)=O)cc1)C(=O)NCc1ccccc1Cl. The molecule has 0 spiro atoms. The fourth-order valence-corrected chi connectivity index (χ4v) is 3.06. The molecule has 27 heavy (non-hydrogen) atoms. The quantitative estimate of drug-likeness (QED) is 0.725. The number of hydrogen-bond acceptors (Lipinski definition) is 4. The van der Waals surface area contributed by atoms with E-state index in [2.05, 4.69) is 5.32 Å². The van der Waals surface area contributed by atoms with Gasteiger partial charge in [0.25, 0.3) is 5.91 Å². The van der Waals surface area contributed by atoms with Crippen LogP contribution in [-0.4, -0.2) is 33.7 Å². The number of nitrogens with zero attached hydrogens (tertiary/aromatic N) is 1. The molecule has 2 rings (SSSR count). The Balaban J connectivity index is 1.99. The molecule has 2 aromatic rings. The van der Waals surface area contributed by atoms with Crippen LogP contribution in [0.15, 0.2) is 48.5 Å². The van der Waals surface area contributed by atoms with Gasteiger partial charge in [-0.05, 0) is 42.3 Å². The Morgan fingerprint density at radius 3 is 2.37 bits per heavy atom. The molecule has 0 heterocycles. The van der Waals surface area contributed by atoms with Crippen LogP contribution in [0.1, 0.15) is 18.9 Å². The van der Waals surface area contributed by atoms with Crippen LogP contribution < -0.4 is 14.4 Å². The van der Waals surface area contributed by atoms with Gasteiger partial charge in [0.1, 0.15) is 5.75 Å². The lowest BCUT2D eigenvalue weighted by atomic mass is 10.2. The highest BCUT2D eigenvalue weighted by Gasteiger charge is 2.19. The first-order valence-electron chi connectivity index (χ1n) is 8.44. The van der Waals surface area contributed by atoms with Crippen molar-refractivity contribution in [2.75, 3.05) is 17.6 Å². The van der Waals surface area contributed by atoms with Gasteiger partial charge in [-0.2, -0.15) is 0 Å². The average molecular weight is 411 g/mol. The zero-order valence-corrected chi connectivity index (χ0v) is 17.0. The molecule has 0 aliphatic heterocycles. The molecule has 6 nitrogen and oxygen atoms in total. The monoisotopic (exact) mass is 410 g/mol. The summed E-state index contributed by atoms with van der Waals surface area (Å²) in [7, 11) is -1.86. The van der Waals surface area contributed by atoms with Crippen molar-refractivity contribution in [3.63, 3.8) is 0 Å². The maximum atomic E-state index is 12.4. The molecule has 0 aromatic heterocycles. The van der Waals surface area contributed by atoms with Crippen molar-refractivity contribution in [3.05, 3.63) is 59.1 Å². The molecule has 0 saturated heterocycles. The predicted octanol–water partition coefficient (Wildman–Crippen LogP) is 3.21. The molecular weight excluding hydrogens is 388 g/mol. The normalized spacial score (nSPS) is 12.3. The Morgan fingerprint density at radius 1 is 1.19 bits per heavy atom. The number of rotatable bonds is 8. The van der Waals surface area contributed by atoms with Crippen LogP contribution in [0, 0.1) is 0 Å². The lowest BCUT2D eigenvalue weighted by molar-refractivity contribution is -0.128. The molecule has 0 radical (unpaired) electrons. The molecule has 2 aromatic carbocycles. The summed E-state index contributed by atoms with van der Waals surface area (Å²) < 4.78 is 30.1. The summed E-state index contributed by atoms with van der Waals surface area (Å²) in [6.45, 7) is 2.17. The van der Waals surface area contributed by atoms with Gasteiger partial charge in [0, 0.05) is 18.6 Å². The maximum Gasteiger partial charge on any atom is 0.261 e. The molecule has 0 bridgehead atoms. The third kappa shape index (κ3) is 5.87. The van der Waals surface area contributed by atoms with Gasteiger partial charge in [-0.1, -0.05) is 36.7 Å². The van der Waals surface area contributed by atoms with E-state index in [0.29, 0.717) is 29.4 Å². The molecule has 1 N–H and O–H groups in total. The second-order valence-corrected chi connectivity index (χ2v) is 8.47. The zero-order chi connectivity index (χ0) is 20.0. The topological polar surface area (TPSA) is 75.7 Å². The van der Waals surface area contributed by atoms with Crippen LogP contribution >= 0.6 is 11.6 Å². The second kappa shape index (κ2) is 9.10. The summed E-state index contributed by atoms with van der Waals surface area (Å²) in [6, 6.07) is 13.8. The third-order valence-electron chi connectivity index (χ3n) is 4.05. The Hall–Kier alpha value is -2.25. The van der Waals surface area contributed by atoms with Crippen LogP contribution in [0.5, 0.6) is 5.75 Å². The summed E-state index contributed by atoms with van der Waals surface area (Å²) in [4.78, 5) is 12.4. The first kappa shape index (κ1) is 21.1. The van der Waals surface area contributed by atoms with Gasteiger partial charge in [0.05, 0.1) is 11.9 Å². The van der Waals surface area contributed by atoms with Gasteiger partial charge in [0.15, 0.2) is 6.10 Å². The Bertz CT molecular complexity index is 885. The largest absolute Gasteiger partial charge is 0.481 e. The van der Waals surface area contributed by atoms with Gasteiger partial charge in [-0.15, -0.1) is 0 Å². The summed E-state index contributed by atoms with van der Waals surface area (Å²) in [6.07, 6.45) is 0.957. The highest BCUT2D eigenvalue weighted by atomic mass is 35.5. The molecule has 0 aliphatic carbocycles. The fraction of sp³-hybridized carbons (Fsp3) is 0.316. The molecule has 1 amide bonds. The number of hydrogen-bond donors (Lipinski definition) is 1. The van der Waals surface area contributed by atoms with Crippen molar-refractivity contribution in [2.45, 2.75) is 26.0 Å². The van der Waals surface area contributed by atoms with Gasteiger partial charge in [0.2, 0.25) is 10.0 Å². The molecule has 8 heteroatoms. The first-order chi connectivity index (χ1) is 12.7. The highest BCUT2D eigenvalue weighted by Crippen LogP contribution is 2.21. The molecule has 0 aliphatic rings. The number of nitrogens with one attached hydrogen (secondary N) is 1. The van der Waals surface area contributed by atoms with Crippen molar-refractivity contribution in [1.29, 1.82) is 0 Å². The molecule has 0 unspecified atom stereocenters. The van der Waals surface area contributed by atoms with E-state index < -0.39 is 16.1 Å².